The van der Waals surface area contributed by atoms with Crippen molar-refractivity contribution in [3.05, 3.63) is 12.2 Å². The third-order valence-electron chi connectivity index (χ3n) is 16.0. The van der Waals surface area contributed by atoms with E-state index >= 15 is 0 Å². The highest BCUT2D eigenvalue weighted by atomic mass is 16.7. The summed E-state index contributed by atoms with van der Waals surface area (Å²) in [5.41, 5.74) is 0. The van der Waals surface area contributed by atoms with Crippen LogP contribution in [-0.4, -0.2) is 87.4 Å². The third-order valence-corrected chi connectivity index (χ3v) is 16.0. The zero-order valence-corrected chi connectivity index (χ0v) is 53.6. The molecule has 0 bridgehead atoms. The number of quaternary nitrogens is 1. The monoisotopic (exact) mass is 1120 g/mol. The van der Waals surface area contributed by atoms with Gasteiger partial charge in [-0.25, -0.2) is 4.79 Å². The van der Waals surface area contributed by atoms with E-state index in [2.05, 4.69) is 26.0 Å². The molecule has 0 aromatic rings. The fourth-order valence-electron chi connectivity index (χ4n) is 10.7. The van der Waals surface area contributed by atoms with Gasteiger partial charge < -0.3 is 28.5 Å². The van der Waals surface area contributed by atoms with Crippen LogP contribution in [0.25, 0.3) is 0 Å². The molecular formula is C70H136NO8+. The topological polar surface area (TPSA) is 108 Å². The van der Waals surface area contributed by atoms with E-state index in [1.54, 1.807) is 0 Å². The second-order valence-corrected chi connectivity index (χ2v) is 25.2. The summed E-state index contributed by atoms with van der Waals surface area (Å²) in [6, 6.07) is 0. The summed E-state index contributed by atoms with van der Waals surface area (Å²) < 4.78 is 23.0. The largest absolute Gasteiger partial charge is 0.477 e. The highest BCUT2D eigenvalue weighted by Gasteiger charge is 2.25. The van der Waals surface area contributed by atoms with Crippen LogP contribution in [0.2, 0.25) is 0 Å². The number of esters is 2. The van der Waals surface area contributed by atoms with Gasteiger partial charge in [0.2, 0.25) is 0 Å². The first-order chi connectivity index (χ1) is 38.6. The van der Waals surface area contributed by atoms with Crippen LogP contribution in [0.4, 0.5) is 0 Å². The molecule has 9 heteroatoms. The minimum atomic E-state index is -1.51. The van der Waals surface area contributed by atoms with Gasteiger partial charge in [0.25, 0.3) is 6.29 Å². The maximum absolute atomic E-state index is 12.9. The summed E-state index contributed by atoms with van der Waals surface area (Å²) in [7, 11) is 5.99. The summed E-state index contributed by atoms with van der Waals surface area (Å²) in [5.74, 6) is -1.97. The Labute approximate surface area is 491 Å². The summed E-state index contributed by atoms with van der Waals surface area (Å²) >= 11 is 0. The van der Waals surface area contributed by atoms with Crippen molar-refractivity contribution in [2.75, 3.05) is 47.5 Å². The number of ether oxygens (including phenoxy) is 4. The number of nitrogens with zero attached hydrogens (tertiary/aromatic N) is 1. The third kappa shape index (κ3) is 63.5. The van der Waals surface area contributed by atoms with Crippen molar-refractivity contribution in [1.29, 1.82) is 0 Å². The number of hydrogen-bond acceptors (Lipinski definition) is 7. The second kappa shape index (κ2) is 62.1. The number of rotatable bonds is 66. The number of carbonyl (C=O) groups excluding carboxylic acids is 2. The van der Waals surface area contributed by atoms with E-state index < -0.39 is 18.4 Å². The number of aliphatic carboxylic acids is 1. The van der Waals surface area contributed by atoms with Gasteiger partial charge in [0.05, 0.1) is 34.4 Å². The minimum absolute atomic E-state index is 0.174. The molecule has 0 heterocycles. The number of likely N-dealkylation sites (N-methyl/N-ethyl adjacent to an activating group) is 1. The first kappa shape index (κ1) is 77.0. The first-order valence-corrected chi connectivity index (χ1v) is 34.9. The van der Waals surface area contributed by atoms with Gasteiger partial charge in [-0.15, -0.1) is 0 Å². The smallest absolute Gasteiger partial charge is 0.361 e. The van der Waals surface area contributed by atoms with Gasteiger partial charge in [0.15, 0.2) is 6.10 Å². The van der Waals surface area contributed by atoms with Gasteiger partial charge in [-0.05, 0) is 38.5 Å². The van der Waals surface area contributed by atoms with E-state index in [9.17, 15) is 19.5 Å². The number of carboxylic acids is 1. The maximum Gasteiger partial charge on any atom is 0.361 e. The molecule has 0 spiro atoms. The van der Waals surface area contributed by atoms with E-state index in [4.69, 9.17) is 18.9 Å². The quantitative estimate of drug-likeness (QED) is 0.0211. The predicted molar refractivity (Wildman–Crippen MR) is 337 cm³/mol. The van der Waals surface area contributed by atoms with Gasteiger partial charge in [-0.2, -0.15) is 0 Å². The van der Waals surface area contributed by atoms with Crippen molar-refractivity contribution in [3.8, 4) is 0 Å². The fraction of sp³-hybridized carbons (Fsp3) is 0.929. The Hall–Kier alpha value is -1.97. The van der Waals surface area contributed by atoms with Crippen molar-refractivity contribution < 1.29 is 42.9 Å². The van der Waals surface area contributed by atoms with E-state index in [1.807, 2.05) is 21.1 Å². The summed E-state index contributed by atoms with van der Waals surface area (Å²) in [4.78, 5) is 37.6. The zero-order chi connectivity index (χ0) is 57.6. The van der Waals surface area contributed by atoms with Crippen LogP contribution in [-0.2, 0) is 33.3 Å². The number of hydrogen-bond donors (Lipinski definition) is 1. The molecule has 2 unspecified atom stereocenters. The van der Waals surface area contributed by atoms with Crippen molar-refractivity contribution in [3.63, 3.8) is 0 Å². The highest BCUT2D eigenvalue weighted by molar-refractivity contribution is 5.71. The lowest BCUT2D eigenvalue weighted by atomic mass is 10.0. The van der Waals surface area contributed by atoms with Gasteiger partial charge in [-0.1, -0.05) is 321 Å². The van der Waals surface area contributed by atoms with Crippen LogP contribution in [0.5, 0.6) is 0 Å². The van der Waals surface area contributed by atoms with E-state index in [0.717, 1.165) is 38.5 Å². The molecule has 0 aliphatic heterocycles. The van der Waals surface area contributed by atoms with Crippen LogP contribution in [0.3, 0.4) is 0 Å². The molecule has 79 heavy (non-hydrogen) atoms. The average molecular weight is 1120 g/mol. The van der Waals surface area contributed by atoms with E-state index in [0.29, 0.717) is 17.4 Å². The standard InChI is InChI=1S/C70H135NO8/c1-6-8-10-12-14-16-18-20-22-24-26-28-30-32-34-36-38-40-42-44-46-48-50-52-54-56-58-60-67(72)77-64-66(65-78-70(69(74)75)76-63-62-71(3,4)5)79-68(73)61-59-57-55-53-51-49-47-45-43-41-39-37-35-33-31-29-27-25-23-21-19-17-15-13-11-9-7-2/h25,27,66,70H,6-24,26,28-65H2,1-5H3/p+1/b27-25-. The number of carbonyl (C=O) groups is 3. The number of unbranched alkanes of at least 4 members (excludes halogenated alkanes) is 49. The lowest BCUT2D eigenvalue weighted by molar-refractivity contribution is -0.870. The molecule has 0 aromatic carbocycles. The van der Waals surface area contributed by atoms with Gasteiger partial charge in [0, 0.05) is 12.8 Å². The molecule has 0 aromatic heterocycles. The molecule has 0 aliphatic carbocycles. The van der Waals surface area contributed by atoms with Crippen LogP contribution in [0.1, 0.15) is 361 Å². The molecule has 0 fully saturated rings. The lowest BCUT2D eigenvalue weighted by Gasteiger charge is -2.25. The first-order valence-electron chi connectivity index (χ1n) is 34.9. The average Bonchev–Trinajstić information content (AvgIpc) is 3.42. The molecule has 0 amide bonds. The Morgan fingerprint density at radius 2 is 0.646 bits per heavy atom. The van der Waals surface area contributed by atoms with Crippen molar-refractivity contribution in [1.82, 2.24) is 0 Å². The van der Waals surface area contributed by atoms with E-state index in [1.165, 1.54) is 295 Å². The molecular weight excluding hydrogens is 983 g/mol. The Balaban J connectivity index is 4.07. The van der Waals surface area contributed by atoms with Gasteiger partial charge in [0.1, 0.15) is 13.2 Å². The maximum atomic E-state index is 12.9. The van der Waals surface area contributed by atoms with Crippen LogP contribution >= 0.6 is 0 Å². The van der Waals surface area contributed by atoms with Crippen molar-refractivity contribution in [2.24, 2.45) is 0 Å². The molecule has 1 N–H and O–H groups in total. The Morgan fingerprint density at radius 1 is 0.367 bits per heavy atom. The lowest BCUT2D eigenvalue weighted by Crippen LogP contribution is -2.40. The molecule has 468 valence electrons. The van der Waals surface area contributed by atoms with Gasteiger partial charge >= 0.3 is 17.9 Å². The molecule has 0 aliphatic rings. The SMILES string of the molecule is CCCCCCCCCC/C=C\CCCCCCCCCCCCCCCCCC(=O)OC(COC(=O)CCCCCCCCCCCCCCCCCCCCCCCCCCCCC)COC(OCC[N+](C)(C)C)C(=O)O. The van der Waals surface area contributed by atoms with Crippen LogP contribution in [0, 0.1) is 0 Å². The second-order valence-electron chi connectivity index (χ2n) is 25.2. The zero-order valence-electron chi connectivity index (χ0n) is 53.6. The molecule has 9 nitrogen and oxygen atoms in total. The molecule has 2 atom stereocenters. The molecule has 0 saturated heterocycles. The van der Waals surface area contributed by atoms with Gasteiger partial charge in [-0.3, -0.25) is 9.59 Å². The summed E-state index contributed by atoms with van der Waals surface area (Å²) in [6.45, 7) is 4.96. The molecule has 0 saturated carbocycles. The van der Waals surface area contributed by atoms with Crippen molar-refractivity contribution >= 4 is 17.9 Å². The fourth-order valence-corrected chi connectivity index (χ4v) is 10.7. The Morgan fingerprint density at radius 3 is 0.937 bits per heavy atom. The van der Waals surface area contributed by atoms with Crippen LogP contribution < -0.4 is 0 Å². The normalized spacial score (nSPS) is 12.7. The highest BCUT2D eigenvalue weighted by Crippen LogP contribution is 2.19. The minimum Gasteiger partial charge on any atom is -0.477 e. The molecule has 0 radical (unpaired) electrons. The van der Waals surface area contributed by atoms with Crippen molar-refractivity contribution in [2.45, 2.75) is 373 Å². The summed E-state index contributed by atoms with van der Waals surface area (Å²) in [5, 5.41) is 9.74. The van der Waals surface area contributed by atoms with E-state index in [-0.39, 0.29) is 38.2 Å². The molecule has 0 rings (SSSR count). The van der Waals surface area contributed by atoms with Crippen LogP contribution in [0.15, 0.2) is 12.2 Å². The Bertz CT molecular complexity index is 1300. The predicted octanol–water partition coefficient (Wildman–Crippen LogP) is 21.3. The Kier molecular flexibility index (Phi) is 60.5. The number of carboxylic acid groups (broad SMARTS) is 1. The summed E-state index contributed by atoms with van der Waals surface area (Å²) in [6.07, 6.45) is 71.8. The number of allylic oxidation sites excluding steroid dienone is 2.